The number of pyridine rings is 1. The lowest BCUT2D eigenvalue weighted by Crippen LogP contribution is -2.49. The lowest BCUT2D eigenvalue weighted by Gasteiger charge is -2.39. The van der Waals surface area contributed by atoms with Gasteiger partial charge in [0.2, 0.25) is 5.95 Å². The van der Waals surface area contributed by atoms with Crippen LogP contribution in [0.25, 0.3) is 0 Å². The molecule has 0 bridgehead atoms. The van der Waals surface area contributed by atoms with E-state index < -0.39 is 11.9 Å². The van der Waals surface area contributed by atoms with E-state index in [-0.39, 0.29) is 6.04 Å². The van der Waals surface area contributed by atoms with E-state index in [0.717, 1.165) is 37.6 Å². The number of hydrogen-bond donors (Lipinski definition) is 0. The van der Waals surface area contributed by atoms with Crippen LogP contribution < -0.4 is 9.80 Å². The maximum Gasteiger partial charge on any atom is 0.433 e. The highest BCUT2D eigenvalue weighted by molar-refractivity contribution is 5.45. The number of aromatic nitrogens is 3. The molecule has 8 heteroatoms. The van der Waals surface area contributed by atoms with Gasteiger partial charge in [-0.2, -0.15) is 13.2 Å². The number of nitrogens with zero attached hydrogens (tertiary/aromatic N) is 5. The number of anilines is 2. The Morgan fingerprint density at radius 2 is 1.81 bits per heavy atom. The molecule has 0 N–H and O–H groups in total. The van der Waals surface area contributed by atoms with E-state index >= 15 is 0 Å². The second-order valence-electron chi connectivity index (χ2n) is 6.98. The highest BCUT2D eigenvalue weighted by Crippen LogP contribution is 2.36. The third kappa shape index (κ3) is 3.20. The first kappa shape index (κ1) is 17.1. The number of alkyl halides is 3. The Hall–Kier alpha value is -2.38. The van der Waals surface area contributed by atoms with Crippen LogP contribution in [-0.2, 0) is 6.18 Å². The number of piperidine rings is 1. The predicted molar refractivity (Wildman–Crippen MR) is 92.1 cm³/mol. The highest BCUT2D eigenvalue weighted by Gasteiger charge is 2.40. The first-order valence-corrected chi connectivity index (χ1v) is 8.76. The maximum atomic E-state index is 13.0. The third-order valence-electron chi connectivity index (χ3n) is 5.23. The molecule has 2 aromatic heterocycles. The lowest BCUT2D eigenvalue weighted by molar-refractivity contribution is -0.141. The van der Waals surface area contributed by atoms with Gasteiger partial charge in [0.05, 0.1) is 6.04 Å². The van der Waals surface area contributed by atoms with Crippen molar-refractivity contribution in [2.75, 3.05) is 29.4 Å². The van der Waals surface area contributed by atoms with Crippen molar-refractivity contribution in [1.29, 1.82) is 0 Å². The summed E-state index contributed by atoms with van der Waals surface area (Å²) in [5.74, 6) is 1.55. The van der Waals surface area contributed by atoms with Gasteiger partial charge in [-0.25, -0.2) is 15.0 Å². The third-order valence-corrected chi connectivity index (χ3v) is 5.23. The van der Waals surface area contributed by atoms with Crippen molar-refractivity contribution in [1.82, 2.24) is 15.0 Å². The molecule has 0 radical (unpaired) electrons. The first-order valence-electron chi connectivity index (χ1n) is 8.76. The van der Waals surface area contributed by atoms with Gasteiger partial charge in [0, 0.05) is 32.0 Å². The molecule has 0 amide bonds. The zero-order chi connectivity index (χ0) is 18.3. The summed E-state index contributed by atoms with van der Waals surface area (Å²) in [6.07, 6.45) is 1.11. The molecular formula is C18H20F3N5. The summed E-state index contributed by atoms with van der Waals surface area (Å²) in [6.45, 7) is 4.24. The minimum Gasteiger partial charge on any atom is -0.352 e. The Balaban J connectivity index is 1.57. The van der Waals surface area contributed by atoms with Crippen LogP contribution in [-0.4, -0.2) is 40.6 Å². The average molecular weight is 363 g/mol. The van der Waals surface area contributed by atoms with Crippen molar-refractivity contribution in [2.45, 2.75) is 32.0 Å². The Morgan fingerprint density at radius 3 is 2.54 bits per heavy atom. The largest absolute Gasteiger partial charge is 0.433 e. The zero-order valence-electron chi connectivity index (χ0n) is 14.4. The van der Waals surface area contributed by atoms with E-state index in [1.807, 2.05) is 11.8 Å². The average Bonchev–Trinajstić information content (AvgIpc) is 3.05. The van der Waals surface area contributed by atoms with Crippen LogP contribution in [0.3, 0.4) is 0 Å². The number of aryl methyl sites for hydroxylation is 1. The van der Waals surface area contributed by atoms with Gasteiger partial charge in [0.15, 0.2) is 0 Å². The van der Waals surface area contributed by atoms with Crippen LogP contribution in [0.1, 0.15) is 24.1 Å². The minimum atomic E-state index is -4.43. The molecular weight excluding hydrogens is 343 g/mol. The van der Waals surface area contributed by atoms with E-state index in [0.29, 0.717) is 24.2 Å². The molecule has 2 aromatic rings. The van der Waals surface area contributed by atoms with Gasteiger partial charge in [-0.3, -0.25) is 0 Å². The fourth-order valence-corrected chi connectivity index (χ4v) is 3.90. The summed E-state index contributed by atoms with van der Waals surface area (Å²) in [4.78, 5) is 16.8. The summed E-state index contributed by atoms with van der Waals surface area (Å²) < 4.78 is 39.0. The van der Waals surface area contributed by atoms with Crippen molar-refractivity contribution >= 4 is 11.8 Å². The monoisotopic (exact) mass is 363 g/mol. The quantitative estimate of drug-likeness (QED) is 0.819. The topological polar surface area (TPSA) is 45.2 Å². The summed E-state index contributed by atoms with van der Waals surface area (Å²) >= 11 is 0. The Labute approximate surface area is 149 Å². The predicted octanol–water partition coefficient (Wildman–Crippen LogP) is 3.30. The van der Waals surface area contributed by atoms with Gasteiger partial charge >= 0.3 is 6.18 Å². The molecule has 0 spiro atoms. The number of fused-ring (bicyclic) bond motifs is 1. The van der Waals surface area contributed by atoms with Gasteiger partial charge in [0.25, 0.3) is 0 Å². The Morgan fingerprint density at radius 1 is 1.08 bits per heavy atom. The van der Waals surface area contributed by atoms with Crippen LogP contribution in [0.4, 0.5) is 24.9 Å². The summed E-state index contributed by atoms with van der Waals surface area (Å²) in [6, 6.07) is 4.25. The van der Waals surface area contributed by atoms with Crippen LogP contribution in [0.5, 0.6) is 0 Å². The zero-order valence-corrected chi connectivity index (χ0v) is 14.4. The van der Waals surface area contributed by atoms with Crippen molar-refractivity contribution in [3.8, 4) is 0 Å². The van der Waals surface area contributed by atoms with Crippen LogP contribution in [0.2, 0.25) is 0 Å². The van der Waals surface area contributed by atoms with E-state index in [1.165, 1.54) is 6.07 Å². The van der Waals surface area contributed by atoms with E-state index in [1.54, 1.807) is 18.5 Å². The van der Waals surface area contributed by atoms with E-state index in [4.69, 9.17) is 0 Å². The summed E-state index contributed by atoms with van der Waals surface area (Å²) in [5, 5.41) is 0. The van der Waals surface area contributed by atoms with Crippen molar-refractivity contribution in [2.24, 2.45) is 5.92 Å². The Kier molecular flexibility index (Phi) is 4.20. The molecule has 4 rings (SSSR count). The SMILES string of the molecule is Cc1cnc(N2CCC3CCN(c4cccc(C(F)(F)F)n4)C3C2)nc1. The first-order chi connectivity index (χ1) is 12.4. The molecule has 2 aliphatic rings. The summed E-state index contributed by atoms with van der Waals surface area (Å²) in [7, 11) is 0. The molecule has 0 aromatic carbocycles. The smallest absolute Gasteiger partial charge is 0.352 e. The highest BCUT2D eigenvalue weighted by atomic mass is 19.4. The lowest BCUT2D eigenvalue weighted by atomic mass is 9.92. The normalized spacial score (nSPS) is 23.2. The van der Waals surface area contributed by atoms with Gasteiger partial charge in [-0.15, -0.1) is 0 Å². The van der Waals surface area contributed by atoms with Gasteiger partial charge < -0.3 is 9.80 Å². The minimum absolute atomic E-state index is 0.129. The number of rotatable bonds is 2. The van der Waals surface area contributed by atoms with E-state index in [9.17, 15) is 13.2 Å². The van der Waals surface area contributed by atoms with Gasteiger partial charge in [0.1, 0.15) is 11.5 Å². The van der Waals surface area contributed by atoms with Gasteiger partial charge in [-0.05, 0) is 43.4 Å². The molecule has 4 heterocycles. The second-order valence-corrected chi connectivity index (χ2v) is 6.98. The standard InChI is InChI=1S/C18H20F3N5/c1-12-9-22-17(23-10-12)25-7-5-13-6-8-26(14(13)11-25)16-4-2-3-15(24-16)18(19,20)21/h2-4,9-10,13-14H,5-8,11H2,1H3. The maximum absolute atomic E-state index is 13.0. The molecule has 2 atom stereocenters. The van der Waals surface area contributed by atoms with Crippen molar-refractivity contribution in [3.05, 3.63) is 41.9 Å². The van der Waals surface area contributed by atoms with Gasteiger partial charge in [-0.1, -0.05) is 6.07 Å². The van der Waals surface area contributed by atoms with Crippen molar-refractivity contribution in [3.63, 3.8) is 0 Å². The number of hydrogen-bond acceptors (Lipinski definition) is 5. The molecule has 138 valence electrons. The molecule has 0 saturated carbocycles. The molecule has 2 unspecified atom stereocenters. The fraction of sp³-hybridized carbons (Fsp3) is 0.500. The molecule has 26 heavy (non-hydrogen) atoms. The summed E-state index contributed by atoms with van der Waals surface area (Å²) in [5.41, 5.74) is 0.160. The molecule has 5 nitrogen and oxygen atoms in total. The second kappa shape index (κ2) is 6.41. The van der Waals surface area contributed by atoms with Crippen molar-refractivity contribution < 1.29 is 13.2 Å². The Bertz CT molecular complexity index is 777. The molecule has 2 aliphatic heterocycles. The van der Waals surface area contributed by atoms with E-state index in [2.05, 4.69) is 19.9 Å². The molecule has 2 fully saturated rings. The molecule has 2 saturated heterocycles. The fourth-order valence-electron chi connectivity index (χ4n) is 3.90. The van der Waals surface area contributed by atoms with Crippen LogP contribution in [0.15, 0.2) is 30.6 Å². The molecule has 0 aliphatic carbocycles. The van der Waals surface area contributed by atoms with Crippen LogP contribution in [0, 0.1) is 12.8 Å². The number of halogens is 3. The van der Waals surface area contributed by atoms with Crippen LogP contribution >= 0.6 is 0 Å².